The number of nitrogens with one attached hydrogen (secondary N) is 1. The van der Waals surface area contributed by atoms with Crippen LogP contribution in [-0.4, -0.2) is 18.9 Å². The normalized spacial score (nSPS) is 12.9. The molecule has 0 aliphatic heterocycles. The Balaban J connectivity index is 2.50. The van der Waals surface area contributed by atoms with Gasteiger partial charge in [-0.1, -0.05) is 29.8 Å². The van der Waals surface area contributed by atoms with E-state index in [2.05, 4.69) is 10.1 Å². The first-order valence-corrected chi connectivity index (χ1v) is 5.34. The molecule has 18 heavy (non-hydrogen) atoms. The van der Waals surface area contributed by atoms with Gasteiger partial charge in [0.25, 0.3) is 0 Å². The largest absolute Gasteiger partial charge is 0.440 e. The van der Waals surface area contributed by atoms with Gasteiger partial charge in [-0.3, -0.25) is 0 Å². The van der Waals surface area contributed by atoms with Gasteiger partial charge in [-0.15, -0.1) is 0 Å². The monoisotopic (exact) mass is 261 g/mol. The summed E-state index contributed by atoms with van der Waals surface area (Å²) in [6.07, 6.45) is -5.59. The fourth-order valence-electron chi connectivity index (χ4n) is 1.39. The summed E-state index contributed by atoms with van der Waals surface area (Å²) >= 11 is 0. The van der Waals surface area contributed by atoms with Gasteiger partial charge < -0.3 is 10.1 Å². The van der Waals surface area contributed by atoms with Crippen LogP contribution in [0.1, 0.15) is 24.1 Å². The van der Waals surface area contributed by atoms with Gasteiger partial charge >= 0.3 is 12.3 Å². The molecule has 3 nitrogen and oxygen atoms in total. The molecule has 0 radical (unpaired) electrons. The maximum absolute atomic E-state index is 11.8. The summed E-state index contributed by atoms with van der Waals surface area (Å²) < 4.78 is 39.5. The van der Waals surface area contributed by atoms with E-state index < -0.39 is 24.9 Å². The summed E-state index contributed by atoms with van der Waals surface area (Å²) in [6, 6.07) is 6.91. The van der Waals surface area contributed by atoms with Gasteiger partial charge in [0.15, 0.2) is 6.61 Å². The third-order valence-electron chi connectivity index (χ3n) is 2.24. The molecule has 0 aromatic heterocycles. The van der Waals surface area contributed by atoms with Crippen LogP contribution in [0.3, 0.4) is 0 Å². The minimum Gasteiger partial charge on any atom is -0.440 e. The number of halogens is 3. The molecule has 0 aliphatic carbocycles. The fraction of sp³-hybridized carbons (Fsp3) is 0.417. The molecular formula is C12H14F3NO2. The van der Waals surface area contributed by atoms with Crippen molar-refractivity contribution >= 4 is 6.09 Å². The van der Waals surface area contributed by atoms with E-state index in [0.717, 1.165) is 11.1 Å². The van der Waals surface area contributed by atoms with Gasteiger partial charge in [-0.2, -0.15) is 13.2 Å². The first-order chi connectivity index (χ1) is 8.28. The van der Waals surface area contributed by atoms with Crippen molar-refractivity contribution in [2.45, 2.75) is 26.1 Å². The van der Waals surface area contributed by atoms with Gasteiger partial charge in [0.1, 0.15) is 0 Å². The predicted octanol–water partition coefficient (Wildman–Crippen LogP) is 3.34. The lowest BCUT2D eigenvalue weighted by Gasteiger charge is -2.15. The van der Waals surface area contributed by atoms with Crippen molar-refractivity contribution in [3.05, 3.63) is 35.4 Å². The minimum atomic E-state index is -4.51. The first-order valence-electron chi connectivity index (χ1n) is 5.34. The lowest BCUT2D eigenvalue weighted by molar-refractivity contribution is -0.160. The zero-order chi connectivity index (χ0) is 13.8. The number of alkyl halides is 3. The van der Waals surface area contributed by atoms with Crippen molar-refractivity contribution in [3.8, 4) is 0 Å². The van der Waals surface area contributed by atoms with Crippen molar-refractivity contribution in [2.75, 3.05) is 6.61 Å². The number of aryl methyl sites for hydroxylation is 1. The zero-order valence-electron chi connectivity index (χ0n) is 10.0. The lowest BCUT2D eigenvalue weighted by atomic mass is 10.1. The molecule has 0 fully saturated rings. The third kappa shape index (κ3) is 5.07. The number of carbonyl (C=O) groups excluding carboxylic acids is 1. The summed E-state index contributed by atoms with van der Waals surface area (Å²) in [4.78, 5) is 11.1. The zero-order valence-corrected chi connectivity index (χ0v) is 10.0. The highest BCUT2D eigenvalue weighted by molar-refractivity contribution is 5.67. The van der Waals surface area contributed by atoms with Gasteiger partial charge in [0.05, 0.1) is 6.04 Å². The van der Waals surface area contributed by atoms with Crippen LogP contribution in [-0.2, 0) is 4.74 Å². The Labute approximate surface area is 103 Å². The quantitative estimate of drug-likeness (QED) is 0.906. The standard InChI is InChI=1S/C12H14F3NO2/c1-8-4-3-5-10(6-8)9(2)16-11(17)18-7-12(13,14)15/h3-6,9H,7H2,1-2H3,(H,16,17)/t9-/m1/s1. The summed E-state index contributed by atoms with van der Waals surface area (Å²) in [5, 5.41) is 2.33. The summed E-state index contributed by atoms with van der Waals surface area (Å²) in [5.74, 6) is 0. The molecule has 6 heteroatoms. The van der Waals surface area contributed by atoms with Gasteiger partial charge in [0.2, 0.25) is 0 Å². The van der Waals surface area contributed by atoms with E-state index in [-0.39, 0.29) is 0 Å². The molecule has 0 saturated heterocycles. The highest BCUT2D eigenvalue weighted by Gasteiger charge is 2.29. The van der Waals surface area contributed by atoms with Crippen molar-refractivity contribution < 1.29 is 22.7 Å². The van der Waals surface area contributed by atoms with E-state index in [1.165, 1.54) is 0 Å². The number of benzene rings is 1. The van der Waals surface area contributed by atoms with E-state index in [1.54, 1.807) is 13.0 Å². The van der Waals surface area contributed by atoms with Crippen molar-refractivity contribution in [1.82, 2.24) is 5.32 Å². The summed E-state index contributed by atoms with van der Waals surface area (Å²) in [6.45, 7) is 1.97. The van der Waals surface area contributed by atoms with Crippen LogP contribution < -0.4 is 5.32 Å². The second-order valence-electron chi connectivity index (χ2n) is 3.97. The number of alkyl carbamates (subject to hydrolysis) is 1. The van der Waals surface area contributed by atoms with Crippen molar-refractivity contribution in [1.29, 1.82) is 0 Å². The van der Waals surface area contributed by atoms with Crippen LogP contribution in [0.25, 0.3) is 0 Å². The van der Waals surface area contributed by atoms with Crippen LogP contribution in [0.2, 0.25) is 0 Å². The molecule has 1 aromatic rings. The van der Waals surface area contributed by atoms with Gasteiger partial charge in [0, 0.05) is 0 Å². The smallest absolute Gasteiger partial charge is 0.422 e. The van der Waals surface area contributed by atoms with Crippen LogP contribution >= 0.6 is 0 Å². The molecule has 0 bridgehead atoms. The summed E-state index contributed by atoms with van der Waals surface area (Å²) in [5.41, 5.74) is 1.81. The Hall–Kier alpha value is -1.72. The average Bonchev–Trinajstić information content (AvgIpc) is 2.25. The molecule has 0 unspecified atom stereocenters. The Bertz CT molecular complexity index is 418. The number of amides is 1. The number of carbonyl (C=O) groups is 1. The molecule has 100 valence electrons. The molecule has 0 heterocycles. The third-order valence-corrected chi connectivity index (χ3v) is 2.24. The van der Waals surface area contributed by atoms with E-state index in [1.807, 2.05) is 25.1 Å². The molecule has 0 aliphatic rings. The van der Waals surface area contributed by atoms with E-state index in [4.69, 9.17) is 0 Å². The van der Waals surface area contributed by atoms with Crippen LogP contribution in [0.4, 0.5) is 18.0 Å². The fourth-order valence-corrected chi connectivity index (χ4v) is 1.39. The van der Waals surface area contributed by atoms with E-state index in [9.17, 15) is 18.0 Å². The van der Waals surface area contributed by atoms with Crippen molar-refractivity contribution in [2.24, 2.45) is 0 Å². The second-order valence-corrected chi connectivity index (χ2v) is 3.97. The molecule has 1 N–H and O–H groups in total. The van der Waals surface area contributed by atoms with Crippen molar-refractivity contribution in [3.63, 3.8) is 0 Å². The van der Waals surface area contributed by atoms with Crippen LogP contribution in [0, 0.1) is 6.92 Å². The van der Waals surface area contributed by atoms with Gasteiger partial charge in [-0.25, -0.2) is 4.79 Å². The topological polar surface area (TPSA) is 38.3 Å². The van der Waals surface area contributed by atoms with E-state index in [0.29, 0.717) is 0 Å². The molecule has 1 amide bonds. The Morgan fingerprint density at radius 1 is 1.44 bits per heavy atom. The number of hydrogen-bond acceptors (Lipinski definition) is 2. The SMILES string of the molecule is Cc1cccc([C@@H](C)NC(=O)OCC(F)(F)F)c1. The molecule has 0 saturated carbocycles. The molecule has 1 atom stereocenters. The molecular weight excluding hydrogens is 247 g/mol. The maximum atomic E-state index is 11.8. The Morgan fingerprint density at radius 2 is 2.11 bits per heavy atom. The maximum Gasteiger partial charge on any atom is 0.422 e. The highest BCUT2D eigenvalue weighted by Crippen LogP contribution is 2.16. The van der Waals surface area contributed by atoms with Gasteiger partial charge in [-0.05, 0) is 19.4 Å². The molecule has 1 aromatic carbocycles. The number of hydrogen-bond donors (Lipinski definition) is 1. The lowest BCUT2D eigenvalue weighted by Crippen LogP contribution is -2.30. The van der Waals surface area contributed by atoms with Crippen LogP contribution in [0.15, 0.2) is 24.3 Å². The van der Waals surface area contributed by atoms with E-state index >= 15 is 0 Å². The Morgan fingerprint density at radius 3 is 2.67 bits per heavy atom. The van der Waals surface area contributed by atoms with Crippen LogP contribution in [0.5, 0.6) is 0 Å². The first kappa shape index (κ1) is 14.3. The number of rotatable bonds is 3. The second kappa shape index (κ2) is 5.75. The minimum absolute atomic E-state index is 0.411. The number of ether oxygens (including phenoxy) is 1. The highest BCUT2D eigenvalue weighted by atomic mass is 19.4. The summed E-state index contributed by atoms with van der Waals surface area (Å²) in [7, 11) is 0. The molecule has 1 rings (SSSR count). The molecule has 0 spiro atoms. The average molecular weight is 261 g/mol. The predicted molar refractivity (Wildman–Crippen MR) is 60.1 cm³/mol. The Kier molecular flexibility index (Phi) is 4.58.